The third-order valence-corrected chi connectivity index (χ3v) is 5.09. The number of rotatable bonds is 3. The first-order valence-corrected chi connectivity index (χ1v) is 8.26. The van der Waals surface area contributed by atoms with Crippen LogP contribution in [0.4, 0.5) is 0 Å². The van der Waals surface area contributed by atoms with Crippen LogP contribution in [0, 0.1) is 5.92 Å². The molecule has 0 amide bonds. The summed E-state index contributed by atoms with van der Waals surface area (Å²) in [6.45, 7) is 4.58. The molecule has 1 aromatic carbocycles. The molecule has 0 spiro atoms. The van der Waals surface area contributed by atoms with Crippen molar-refractivity contribution in [1.29, 1.82) is 0 Å². The van der Waals surface area contributed by atoms with Crippen LogP contribution in [0.1, 0.15) is 57.1 Å². The maximum absolute atomic E-state index is 12.2. The van der Waals surface area contributed by atoms with Crippen molar-refractivity contribution in [2.75, 3.05) is 0 Å². The predicted octanol–water partition coefficient (Wildman–Crippen LogP) is 3.89. The number of hydrogen-bond donors (Lipinski definition) is 0. The Balaban J connectivity index is 1.73. The summed E-state index contributed by atoms with van der Waals surface area (Å²) < 4.78 is 0. The molecule has 0 unspecified atom stereocenters. The van der Waals surface area contributed by atoms with Crippen molar-refractivity contribution in [3.63, 3.8) is 0 Å². The summed E-state index contributed by atoms with van der Waals surface area (Å²) in [5.41, 5.74) is 4.15. The van der Waals surface area contributed by atoms with Crippen LogP contribution in [0.5, 0.6) is 0 Å². The molecule has 109 valence electrons. The highest BCUT2D eigenvalue weighted by Gasteiger charge is 2.29. The zero-order chi connectivity index (χ0) is 14.9. The van der Waals surface area contributed by atoms with Gasteiger partial charge in [0.05, 0.1) is 0 Å². The minimum Gasteiger partial charge on any atom is -0.295 e. The topological polar surface area (TPSA) is 17.1 Å². The second-order valence-corrected chi connectivity index (χ2v) is 7.21. The van der Waals surface area contributed by atoms with Gasteiger partial charge in [-0.3, -0.25) is 4.79 Å². The molecule has 1 fully saturated rings. The average molecular weight is 279 g/mol. The zero-order valence-corrected chi connectivity index (χ0v) is 13.2. The van der Waals surface area contributed by atoms with Crippen molar-refractivity contribution in [2.45, 2.75) is 57.7 Å². The summed E-state index contributed by atoms with van der Waals surface area (Å²) in [5.74, 6) is 0.593. The number of allylic oxidation sites excluding steroid dienone is 1. The quantitative estimate of drug-likeness (QED) is 0.606. The number of ketones is 1. The molecule has 0 saturated heterocycles. The van der Waals surface area contributed by atoms with Crippen molar-refractivity contribution in [3.8, 4) is 0 Å². The Morgan fingerprint density at radius 3 is 2.76 bits per heavy atom. The van der Waals surface area contributed by atoms with Gasteiger partial charge in [0, 0.05) is 5.92 Å². The highest BCUT2D eigenvalue weighted by Crippen LogP contribution is 2.31. The Labute approximate surface area is 129 Å². The fourth-order valence-corrected chi connectivity index (χ4v) is 3.62. The molecule has 0 aromatic heterocycles. The van der Waals surface area contributed by atoms with Gasteiger partial charge >= 0.3 is 0 Å². The highest BCUT2D eigenvalue weighted by atomic mass is 16.1. The van der Waals surface area contributed by atoms with Gasteiger partial charge in [-0.15, -0.1) is 0 Å². The molecule has 3 rings (SSSR count). The number of fused-ring (bicyclic) bond motifs is 1. The van der Waals surface area contributed by atoms with Crippen LogP contribution in [-0.2, 0) is 10.2 Å². The van der Waals surface area contributed by atoms with Crippen molar-refractivity contribution < 1.29 is 4.79 Å². The van der Waals surface area contributed by atoms with E-state index in [0.717, 1.165) is 24.7 Å². The predicted molar refractivity (Wildman–Crippen MR) is 90.3 cm³/mol. The van der Waals surface area contributed by atoms with Gasteiger partial charge in [-0.05, 0) is 35.5 Å². The van der Waals surface area contributed by atoms with E-state index in [1.54, 1.807) is 0 Å². The summed E-state index contributed by atoms with van der Waals surface area (Å²) in [6.07, 6.45) is 10.8. The lowest BCUT2D eigenvalue weighted by atomic mass is 9.69. The molecule has 2 heteroatoms. The molecule has 1 heterocycles. The molecule has 0 bridgehead atoms. The first-order valence-electron chi connectivity index (χ1n) is 8.26. The summed E-state index contributed by atoms with van der Waals surface area (Å²) in [6, 6.07) is 6.57. The fourth-order valence-electron chi connectivity index (χ4n) is 3.62. The number of hydrogen-bond acceptors (Lipinski definition) is 1. The molecule has 2 aliphatic rings. The largest absolute Gasteiger partial charge is 0.295 e. The van der Waals surface area contributed by atoms with Gasteiger partial charge in [0.25, 0.3) is 0 Å². The number of carbonyl (C=O) groups is 1. The summed E-state index contributed by atoms with van der Waals surface area (Å²) in [4.78, 5) is 12.2. The standard InChI is InChI=1S/C19H24BO/c1-19(2)13-20-17-10-8-14(12-16(17)19)9-11-18(21)15-6-4-3-5-7-15/h8-12,15H,3-7,13H2,1-2H3/b11-9+. The minimum atomic E-state index is 0.229. The molecular formula is C19H24BO. The van der Waals surface area contributed by atoms with Gasteiger partial charge < -0.3 is 0 Å². The maximum Gasteiger partial charge on any atom is 0.158 e. The van der Waals surface area contributed by atoms with E-state index in [0.29, 0.717) is 5.78 Å². The van der Waals surface area contributed by atoms with E-state index in [9.17, 15) is 4.79 Å². The first-order chi connectivity index (χ1) is 10.1. The van der Waals surface area contributed by atoms with Crippen molar-refractivity contribution in [1.82, 2.24) is 0 Å². The van der Waals surface area contributed by atoms with E-state index in [-0.39, 0.29) is 11.3 Å². The fraction of sp³-hybridized carbons (Fsp3) is 0.526. The molecular weight excluding hydrogens is 255 g/mol. The summed E-state index contributed by atoms with van der Waals surface area (Å²) in [7, 11) is 2.32. The normalized spacial score (nSPS) is 21.2. The van der Waals surface area contributed by atoms with Crippen LogP contribution >= 0.6 is 0 Å². The Bertz CT molecular complexity index is 565. The molecule has 1 aliphatic carbocycles. The minimum absolute atomic E-state index is 0.229. The molecule has 0 atom stereocenters. The van der Waals surface area contributed by atoms with Gasteiger partial charge in [-0.25, -0.2) is 0 Å². The SMILES string of the molecule is CC1(C)C[B]c2ccc(/C=C/C(=O)C3CCCCC3)cc21. The Morgan fingerprint density at radius 1 is 1.24 bits per heavy atom. The van der Waals surface area contributed by atoms with Crippen LogP contribution in [0.15, 0.2) is 24.3 Å². The lowest BCUT2D eigenvalue weighted by molar-refractivity contribution is -0.119. The van der Waals surface area contributed by atoms with Crippen LogP contribution in [0.2, 0.25) is 6.32 Å². The summed E-state index contributed by atoms with van der Waals surface area (Å²) >= 11 is 0. The molecule has 1 nitrogen and oxygen atoms in total. The van der Waals surface area contributed by atoms with E-state index in [1.165, 1.54) is 30.3 Å². The van der Waals surface area contributed by atoms with Crippen LogP contribution < -0.4 is 5.46 Å². The molecule has 1 saturated carbocycles. The molecule has 21 heavy (non-hydrogen) atoms. The van der Waals surface area contributed by atoms with E-state index in [1.807, 2.05) is 12.2 Å². The molecule has 1 aromatic rings. The molecule has 1 aliphatic heterocycles. The van der Waals surface area contributed by atoms with Gasteiger partial charge in [0.15, 0.2) is 13.1 Å². The van der Waals surface area contributed by atoms with E-state index >= 15 is 0 Å². The Hall–Kier alpha value is -1.31. The van der Waals surface area contributed by atoms with Crippen molar-refractivity contribution >= 4 is 24.6 Å². The number of benzene rings is 1. The molecule has 1 radical (unpaired) electrons. The van der Waals surface area contributed by atoms with Crippen LogP contribution in [-0.4, -0.2) is 13.1 Å². The Kier molecular flexibility index (Phi) is 4.06. The van der Waals surface area contributed by atoms with Crippen LogP contribution in [0.3, 0.4) is 0 Å². The van der Waals surface area contributed by atoms with Crippen molar-refractivity contribution in [3.05, 3.63) is 35.4 Å². The zero-order valence-electron chi connectivity index (χ0n) is 13.2. The second-order valence-electron chi connectivity index (χ2n) is 7.21. The monoisotopic (exact) mass is 279 g/mol. The maximum atomic E-state index is 12.2. The van der Waals surface area contributed by atoms with Gasteiger partial charge in [-0.2, -0.15) is 0 Å². The smallest absolute Gasteiger partial charge is 0.158 e. The lowest BCUT2D eigenvalue weighted by Gasteiger charge is -2.20. The van der Waals surface area contributed by atoms with E-state index in [2.05, 4.69) is 39.3 Å². The summed E-state index contributed by atoms with van der Waals surface area (Å²) in [5, 5.41) is 0. The first kappa shape index (κ1) is 14.6. The molecule has 0 N–H and O–H groups in total. The highest BCUT2D eigenvalue weighted by molar-refractivity contribution is 6.56. The van der Waals surface area contributed by atoms with E-state index in [4.69, 9.17) is 0 Å². The van der Waals surface area contributed by atoms with Crippen LogP contribution in [0.25, 0.3) is 6.08 Å². The third kappa shape index (κ3) is 3.15. The number of carbonyl (C=O) groups excluding carboxylic acids is 1. The van der Waals surface area contributed by atoms with Crippen molar-refractivity contribution in [2.24, 2.45) is 5.92 Å². The average Bonchev–Trinajstić information content (AvgIpc) is 2.81. The lowest BCUT2D eigenvalue weighted by Crippen LogP contribution is -2.16. The second kappa shape index (κ2) is 5.83. The van der Waals surface area contributed by atoms with Gasteiger partial charge in [0.1, 0.15) is 0 Å². The third-order valence-electron chi connectivity index (χ3n) is 5.09. The Morgan fingerprint density at radius 2 is 2.00 bits per heavy atom. The van der Waals surface area contributed by atoms with E-state index < -0.39 is 0 Å². The van der Waals surface area contributed by atoms with Gasteiger partial charge in [-0.1, -0.05) is 69.2 Å². The van der Waals surface area contributed by atoms with Gasteiger partial charge in [0.2, 0.25) is 0 Å².